The molecule has 13 heteroatoms. The first kappa shape index (κ1) is 29.8. The second-order valence-corrected chi connectivity index (χ2v) is 10.7. The predicted molar refractivity (Wildman–Crippen MR) is 157 cm³/mol. The molecule has 2 aliphatic heterocycles. The molecule has 224 valence electrons. The minimum Gasteiger partial charge on any atom is -0.465 e. The van der Waals surface area contributed by atoms with E-state index in [-0.39, 0.29) is 43.4 Å². The van der Waals surface area contributed by atoms with E-state index in [4.69, 9.17) is 21.1 Å². The molecule has 3 aromatic rings. The van der Waals surface area contributed by atoms with Crippen LogP contribution in [0.5, 0.6) is 0 Å². The predicted octanol–water partition coefficient (Wildman–Crippen LogP) is 3.90. The number of hydrogen-bond acceptors (Lipinski definition) is 7. The van der Waals surface area contributed by atoms with Crippen LogP contribution in [0.1, 0.15) is 27.9 Å². The van der Waals surface area contributed by atoms with E-state index < -0.39 is 29.7 Å². The van der Waals surface area contributed by atoms with Crippen molar-refractivity contribution in [1.29, 1.82) is 0 Å². The lowest BCUT2D eigenvalue weighted by Crippen LogP contribution is -2.50. The molecule has 0 radical (unpaired) electrons. The van der Waals surface area contributed by atoms with Gasteiger partial charge in [0.2, 0.25) is 5.91 Å². The van der Waals surface area contributed by atoms with Crippen molar-refractivity contribution in [2.24, 2.45) is 0 Å². The van der Waals surface area contributed by atoms with Gasteiger partial charge in [0.15, 0.2) is 5.60 Å². The van der Waals surface area contributed by atoms with Gasteiger partial charge < -0.3 is 24.8 Å². The number of carbonyl (C=O) groups excluding carboxylic acids is 3. The van der Waals surface area contributed by atoms with Crippen LogP contribution in [-0.2, 0) is 26.3 Å². The van der Waals surface area contributed by atoms with Crippen molar-refractivity contribution in [2.75, 3.05) is 43.6 Å². The lowest BCUT2D eigenvalue weighted by molar-refractivity contribution is -0.133. The number of carbonyl (C=O) groups is 4. The molecule has 1 unspecified atom stereocenters. The van der Waals surface area contributed by atoms with Crippen molar-refractivity contribution in [3.05, 3.63) is 88.6 Å². The van der Waals surface area contributed by atoms with Crippen molar-refractivity contribution in [2.45, 2.75) is 24.5 Å². The van der Waals surface area contributed by atoms with Gasteiger partial charge in [0.1, 0.15) is 11.9 Å². The fourth-order valence-corrected chi connectivity index (χ4v) is 5.50. The molecule has 1 fully saturated rings. The number of nitrogens with one attached hydrogen (secondary N) is 2. The summed E-state index contributed by atoms with van der Waals surface area (Å²) in [5.41, 5.74) is 1.18. The Balaban J connectivity index is 1.36. The maximum atomic E-state index is 14.0. The van der Waals surface area contributed by atoms with Crippen LogP contribution >= 0.6 is 11.6 Å². The molecule has 2 aromatic carbocycles. The number of fused-ring (bicyclic) bond motifs is 2. The monoisotopic (exact) mass is 607 g/mol. The number of hydrogen-bond donors (Lipinski definition) is 3. The normalized spacial score (nSPS) is 17.9. The Labute approximate surface area is 252 Å². The van der Waals surface area contributed by atoms with E-state index in [1.165, 1.54) is 25.4 Å². The van der Waals surface area contributed by atoms with Crippen molar-refractivity contribution in [3.8, 4) is 0 Å². The van der Waals surface area contributed by atoms with E-state index in [1.54, 1.807) is 23.1 Å². The maximum Gasteiger partial charge on any atom is 0.413 e. The van der Waals surface area contributed by atoms with E-state index in [1.807, 2.05) is 30.3 Å². The van der Waals surface area contributed by atoms with Crippen molar-refractivity contribution < 1.29 is 33.8 Å². The zero-order valence-corrected chi connectivity index (χ0v) is 24.0. The summed E-state index contributed by atoms with van der Waals surface area (Å²) in [4.78, 5) is 58.1. The van der Waals surface area contributed by atoms with Crippen LogP contribution in [0.25, 0.3) is 0 Å². The van der Waals surface area contributed by atoms with Crippen LogP contribution in [0.4, 0.5) is 21.1 Å². The third-order valence-electron chi connectivity index (χ3n) is 7.46. The molecular formula is C30H30ClN5O7. The summed E-state index contributed by atoms with van der Waals surface area (Å²) >= 11 is 6.26. The number of anilines is 2. The lowest BCUT2D eigenvalue weighted by Gasteiger charge is -2.35. The fraction of sp³-hybridized carbons (Fsp3) is 0.300. The number of amides is 4. The van der Waals surface area contributed by atoms with Crippen LogP contribution < -0.4 is 15.5 Å². The van der Waals surface area contributed by atoms with Crippen LogP contribution in [-0.4, -0.2) is 78.4 Å². The Morgan fingerprint density at radius 3 is 2.70 bits per heavy atom. The summed E-state index contributed by atoms with van der Waals surface area (Å²) in [7, 11) is 1.46. The van der Waals surface area contributed by atoms with Crippen molar-refractivity contribution >= 4 is 47.1 Å². The van der Waals surface area contributed by atoms with Gasteiger partial charge in [-0.05, 0) is 35.9 Å². The molecule has 4 amide bonds. The van der Waals surface area contributed by atoms with E-state index in [0.717, 1.165) is 10.5 Å². The average molecular weight is 608 g/mol. The molecule has 3 heterocycles. The number of benzene rings is 2. The number of halogens is 1. The van der Waals surface area contributed by atoms with E-state index >= 15 is 0 Å². The molecule has 0 saturated carbocycles. The number of aromatic nitrogens is 1. The fourth-order valence-electron chi connectivity index (χ4n) is 5.33. The Hall–Kier alpha value is -4.68. The molecule has 5 rings (SSSR count). The molecular weight excluding hydrogens is 578 g/mol. The van der Waals surface area contributed by atoms with Gasteiger partial charge in [0.25, 0.3) is 5.91 Å². The van der Waals surface area contributed by atoms with Gasteiger partial charge >= 0.3 is 12.2 Å². The van der Waals surface area contributed by atoms with Gasteiger partial charge in [-0.3, -0.25) is 19.8 Å². The summed E-state index contributed by atoms with van der Waals surface area (Å²) in [6, 6.07) is 16.3. The second kappa shape index (κ2) is 12.7. The molecule has 2 atom stereocenters. The lowest BCUT2D eigenvalue weighted by atomic mass is 9.90. The number of nitrogens with zero attached hydrogens (tertiary/aromatic N) is 3. The van der Waals surface area contributed by atoms with E-state index in [0.29, 0.717) is 29.2 Å². The highest BCUT2D eigenvalue weighted by Gasteiger charge is 2.49. The Morgan fingerprint density at radius 1 is 1.21 bits per heavy atom. The third kappa shape index (κ3) is 6.55. The van der Waals surface area contributed by atoms with Crippen LogP contribution in [0.2, 0.25) is 5.02 Å². The molecule has 2 aliphatic rings. The first-order chi connectivity index (χ1) is 20.7. The van der Waals surface area contributed by atoms with Crippen LogP contribution in [0.3, 0.4) is 0 Å². The van der Waals surface area contributed by atoms with Gasteiger partial charge in [-0.1, -0.05) is 41.9 Å². The minimum absolute atomic E-state index is 0.0669. The Bertz CT molecular complexity index is 1520. The highest BCUT2D eigenvalue weighted by atomic mass is 35.5. The zero-order valence-electron chi connectivity index (χ0n) is 23.3. The number of methoxy groups -OCH3 is 1. The minimum atomic E-state index is -1.21. The molecule has 1 aromatic heterocycles. The summed E-state index contributed by atoms with van der Waals surface area (Å²) in [6.07, 6.45) is 0.0201. The molecule has 3 N–H and O–H groups in total. The number of rotatable bonds is 9. The van der Waals surface area contributed by atoms with Gasteiger partial charge in [-0.15, -0.1) is 0 Å². The van der Waals surface area contributed by atoms with E-state index in [9.17, 15) is 24.3 Å². The number of ether oxygens (including phenoxy) is 2. The summed E-state index contributed by atoms with van der Waals surface area (Å²) < 4.78 is 10.7. The van der Waals surface area contributed by atoms with Crippen molar-refractivity contribution in [1.82, 2.24) is 15.2 Å². The van der Waals surface area contributed by atoms with Gasteiger partial charge in [-0.25, -0.2) is 14.6 Å². The molecule has 1 spiro atoms. The molecule has 0 aliphatic carbocycles. The first-order valence-electron chi connectivity index (χ1n) is 13.6. The number of pyridine rings is 1. The summed E-state index contributed by atoms with van der Waals surface area (Å²) in [5, 5.41) is 15.5. The zero-order chi connectivity index (χ0) is 30.6. The van der Waals surface area contributed by atoms with Crippen molar-refractivity contribution in [3.63, 3.8) is 0 Å². The van der Waals surface area contributed by atoms with Crippen LogP contribution in [0.15, 0.2) is 66.9 Å². The number of carboxylic acid groups (broad SMARTS) is 1. The Kier molecular flexibility index (Phi) is 8.78. The standard InChI is InChI=1S/C30H30ClN5O7/c1-42-14-13-36(29(40)41)25-10-7-20(17-32-25)26(37)33-24(15-19-5-3-2-4-6-19)27(38)35-12-11-30(18-35)22-16-21(31)8-9-23(22)34-28(39)43-30/h2-10,16-17,24H,11-15,18H2,1H3,(H,33,37)(H,34,39)(H,40,41)/t24-,30?/m0/s1. The molecule has 12 nitrogen and oxygen atoms in total. The third-order valence-corrected chi connectivity index (χ3v) is 7.70. The summed E-state index contributed by atoms with van der Waals surface area (Å²) in [5.74, 6) is -0.753. The highest BCUT2D eigenvalue weighted by molar-refractivity contribution is 6.30. The SMILES string of the molecule is COCCN(C(=O)O)c1ccc(C(=O)N[C@@H](Cc2ccccc2)C(=O)N2CCC3(C2)OC(=O)Nc2ccc(Cl)cc23)cn1. The maximum absolute atomic E-state index is 14.0. The van der Waals surface area contributed by atoms with Gasteiger partial charge in [0.05, 0.1) is 30.9 Å². The molecule has 43 heavy (non-hydrogen) atoms. The van der Waals surface area contributed by atoms with Gasteiger partial charge in [-0.2, -0.15) is 0 Å². The topological polar surface area (TPSA) is 150 Å². The van der Waals surface area contributed by atoms with Gasteiger partial charge in [0, 0.05) is 43.3 Å². The molecule has 1 saturated heterocycles. The highest BCUT2D eigenvalue weighted by Crippen LogP contribution is 2.43. The van der Waals surface area contributed by atoms with Crippen LogP contribution in [0, 0.1) is 0 Å². The molecule has 0 bridgehead atoms. The smallest absolute Gasteiger partial charge is 0.413 e. The average Bonchev–Trinajstić information content (AvgIpc) is 3.41. The first-order valence-corrected chi connectivity index (χ1v) is 14.0. The number of likely N-dealkylation sites (tertiary alicyclic amines) is 1. The van der Waals surface area contributed by atoms with E-state index in [2.05, 4.69) is 15.6 Å². The second-order valence-electron chi connectivity index (χ2n) is 10.3. The Morgan fingerprint density at radius 2 is 2.00 bits per heavy atom. The quantitative estimate of drug-likeness (QED) is 0.331. The largest absolute Gasteiger partial charge is 0.465 e. The summed E-state index contributed by atoms with van der Waals surface area (Å²) in [6.45, 7) is 0.626.